The maximum atomic E-state index is 11.5. The number of benzene rings is 2. The van der Waals surface area contributed by atoms with Crippen molar-refractivity contribution < 1.29 is 15.0 Å². The molecule has 0 atom stereocenters. The zero-order valence-electron chi connectivity index (χ0n) is 21.4. The number of phenolic OH excluding ortho intramolecular Hbond substituents is 1. The Morgan fingerprint density at radius 2 is 1.74 bits per heavy atom. The first-order valence-electron chi connectivity index (χ1n) is 12.5. The van der Waals surface area contributed by atoms with Gasteiger partial charge >= 0.3 is 5.97 Å². The Balaban J connectivity index is 1.52. The number of carbonyl (C=O) groups is 1. The standard InChI is InChI=1S/C28H29N7O3/c1-3-4-7-20-8-5-6-9-23(20)32(2)26-25-27(35(19-29-25)18-24(37)38)31-28(30-26)34-16-14-33(15-17-34)21-10-12-22(36)13-11-21/h5-6,8-13,19,36H,3,14-18H2,1-2H3,(H,37,38). The monoisotopic (exact) mass is 511 g/mol. The second-order valence-electron chi connectivity index (χ2n) is 9.01. The first-order chi connectivity index (χ1) is 18.4. The van der Waals surface area contributed by atoms with Crippen LogP contribution in [-0.4, -0.2) is 68.9 Å². The van der Waals surface area contributed by atoms with E-state index in [1.807, 2.05) is 55.3 Å². The number of piperazine rings is 1. The van der Waals surface area contributed by atoms with E-state index in [0.29, 0.717) is 36.0 Å². The molecule has 2 aromatic heterocycles. The maximum absolute atomic E-state index is 11.5. The third-order valence-corrected chi connectivity index (χ3v) is 6.50. The highest BCUT2D eigenvalue weighted by Gasteiger charge is 2.24. The molecule has 194 valence electrons. The lowest BCUT2D eigenvalue weighted by atomic mass is 10.1. The smallest absolute Gasteiger partial charge is 0.323 e. The molecule has 38 heavy (non-hydrogen) atoms. The van der Waals surface area contributed by atoms with E-state index in [-0.39, 0.29) is 12.3 Å². The predicted molar refractivity (Wildman–Crippen MR) is 147 cm³/mol. The Hall–Kier alpha value is -4.78. The molecular formula is C28H29N7O3. The van der Waals surface area contributed by atoms with Gasteiger partial charge < -0.3 is 29.5 Å². The second-order valence-corrected chi connectivity index (χ2v) is 9.01. The molecule has 10 nitrogen and oxygen atoms in total. The Kier molecular flexibility index (Phi) is 7.00. The highest BCUT2D eigenvalue weighted by molar-refractivity contribution is 5.89. The van der Waals surface area contributed by atoms with Gasteiger partial charge in [0.25, 0.3) is 0 Å². The minimum absolute atomic E-state index is 0.242. The van der Waals surface area contributed by atoms with Crippen LogP contribution >= 0.6 is 0 Å². The van der Waals surface area contributed by atoms with E-state index in [9.17, 15) is 15.0 Å². The van der Waals surface area contributed by atoms with Crippen LogP contribution in [0.4, 0.5) is 23.1 Å². The summed E-state index contributed by atoms with van der Waals surface area (Å²) in [6.07, 6.45) is 2.25. The van der Waals surface area contributed by atoms with Gasteiger partial charge in [0.15, 0.2) is 17.0 Å². The molecule has 5 rings (SSSR count). The summed E-state index contributed by atoms with van der Waals surface area (Å²) < 4.78 is 1.54. The molecule has 0 spiro atoms. The third-order valence-electron chi connectivity index (χ3n) is 6.50. The largest absolute Gasteiger partial charge is 0.508 e. The summed E-state index contributed by atoms with van der Waals surface area (Å²) in [5.74, 6) is 6.74. The number of phenols is 1. The minimum Gasteiger partial charge on any atom is -0.508 e. The minimum atomic E-state index is -0.970. The van der Waals surface area contributed by atoms with Crippen LogP contribution in [0.25, 0.3) is 11.2 Å². The van der Waals surface area contributed by atoms with Crippen molar-refractivity contribution >= 4 is 40.3 Å². The van der Waals surface area contributed by atoms with E-state index in [1.54, 1.807) is 12.1 Å². The van der Waals surface area contributed by atoms with Crippen LogP contribution in [0.3, 0.4) is 0 Å². The molecule has 4 aromatic rings. The van der Waals surface area contributed by atoms with Crippen LogP contribution in [0.2, 0.25) is 0 Å². The Morgan fingerprint density at radius 3 is 2.45 bits per heavy atom. The number of rotatable bonds is 6. The number of hydrogen-bond acceptors (Lipinski definition) is 8. The van der Waals surface area contributed by atoms with Gasteiger partial charge in [-0.05, 0) is 36.4 Å². The lowest BCUT2D eigenvalue weighted by Gasteiger charge is -2.36. The number of carboxylic acids is 1. The fraction of sp³-hybridized carbons (Fsp3) is 0.286. The molecule has 0 amide bonds. The van der Waals surface area contributed by atoms with E-state index in [4.69, 9.17) is 9.97 Å². The van der Waals surface area contributed by atoms with Gasteiger partial charge in [0.05, 0.1) is 12.0 Å². The highest BCUT2D eigenvalue weighted by atomic mass is 16.4. The number of carboxylic acid groups (broad SMARTS) is 1. The number of fused-ring (bicyclic) bond motifs is 1. The van der Waals surface area contributed by atoms with E-state index in [2.05, 4.69) is 26.6 Å². The van der Waals surface area contributed by atoms with Crippen LogP contribution in [0, 0.1) is 11.8 Å². The number of anilines is 4. The van der Waals surface area contributed by atoms with Gasteiger partial charge in [0, 0.05) is 50.9 Å². The number of aromatic hydroxyl groups is 1. The number of imidazole rings is 1. The van der Waals surface area contributed by atoms with E-state index in [1.165, 1.54) is 10.9 Å². The molecule has 0 bridgehead atoms. The van der Waals surface area contributed by atoms with E-state index in [0.717, 1.165) is 36.4 Å². The van der Waals surface area contributed by atoms with E-state index < -0.39 is 5.97 Å². The summed E-state index contributed by atoms with van der Waals surface area (Å²) in [6, 6.07) is 15.0. The van der Waals surface area contributed by atoms with Crippen LogP contribution in [0.5, 0.6) is 5.75 Å². The summed E-state index contributed by atoms with van der Waals surface area (Å²) in [6.45, 7) is 4.63. The molecule has 1 saturated heterocycles. The average Bonchev–Trinajstić information content (AvgIpc) is 3.33. The van der Waals surface area contributed by atoms with Crippen molar-refractivity contribution in [2.24, 2.45) is 0 Å². The number of para-hydroxylation sites is 1. The SMILES string of the molecule is CCC#Cc1ccccc1N(C)c1nc(N2CCN(c3ccc(O)cc3)CC2)nc2c1ncn2CC(=O)O. The normalized spacial score (nSPS) is 13.3. The topological polar surface area (TPSA) is 111 Å². The number of aliphatic carboxylic acids is 1. The quantitative estimate of drug-likeness (QED) is 0.376. The summed E-state index contributed by atoms with van der Waals surface area (Å²) in [5, 5.41) is 19.0. The molecule has 0 aliphatic carbocycles. The molecule has 1 fully saturated rings. The summed E-state index contributed by atoms with van der Waals surface area (Å²) in [5.41, 5.74) is 3.79. The molecule has 2 aromatic carbocycles. The van der Waals surface area contributed by atoms with Crippen LogP contribution in [0.15, 0.2) is 54.9 Å². The lowest BCUT2D eigenvalue weighted by Crippen LogP contribution is -2.47. The molecule has 1 aliphatic rings. The fourth-order valence-corrected chi connectivity index (χ4v) is 4.55. The zero-order chi connectivity index (χ0) is 26.6. The summed E-state index contributed by atoms with van der Waals surface area (Å²) in [4.78, 5) is 32.0. The maximum Gasteiger partial charge on any atom is 0.323 e. The van der Waals surface area contributed by atoms with Crippen molar-refractivity contribution in [2.75, 3.05) is 47.9 Å². The van der Waals surface area contributed by atoms with Crippen LogP contribution in [0.1, 0.15) is 18.9 Å². The third kappa shape index (κ3) is 5.04. The molecular weight excluding hydrogens is 482 g/mol. The molecule has 3 heterocycles. The van der Waals surface area contributed by atoms with Crippen LogP contribution in [-0.2, 0) is 11.3 Å². The number of hydrogen-bond donors (Lipinski definition) is 2. The summed E-state index contributed by atoms with van der Waals surface area (Å²) >= 11 is 0. The van der Waals surface area contributed by atoms with Gasteiger partial charge in [0.2, 0.25) is 5.95 Å². The van der Waals surface area contributed by atoms with Gasteiger partial charge in [-0.15, -0.1) is 0 Å². The van der Waals surface area contributed by atoms with Crippen molar-refractivity contribution in [1.29, 1.82) is 0 Å². The van der Waals surface area contributed by atoms with Gasteiger partial charge in [-0.1, -0.05) is 30.9 Å². The number of aromatic nitrogens is 4. The molecule has 0 unspecified atom stereocenters. The average molecular weight is 512 g/mol. The van der Waals surface area contributed by atoms with Crippen molar-refractivity contribution in [2.45, 2.75) is 19.9 Å². The Labute approximate surface area is 220 Å². The molecule has 2 N–H and O–H groups in total. The van der Waals surface area contributed by atoms with Gasteiger partial charge in [-0.3, -0.25) is 4.79 Å². The fourth-order valence-electron chi connectivity index (χ4n) is 4.55. The summed E-state index contributed by atoms with van der Waals surface area (Å²) in [7, 11) is 1.91. The molecule has 0 saturated carbocycles. The van der Waals surface area contributed by atoms with Crippen molar-refractivity contribution in [3.05, 3.63) is 60.4 Å². The number of nitrogens with zero attached hydrogens (tertiary/aromatic N) is 7. The second kappa shape index (κ2) is 10.7. The predicted octanol–water partition coefficient (Wildman–Crippen LogP) is 3.47. The first-order valence-corrected chi connectivity index (χ1v) is 12.5. The lowest BCUT2D eigenvalue weighted by molar-refractivity contribution is -0.137. The first kappa shape index (κ1) is 24.9. The van der Waals surface area contributed by atoms with Crippen molar-refractivity contribution in [1.82, 2.24) is 19.5 Å². The molecule has 0 radical (unpaired) electrons. The highest BCUT2D eigenvalue weighted by Crippen LogP contribution is 2.32. The zero-order valence-corrected chi connectivity index (χ0v) is 21.4. The molecule has 10 heteroatoms. The van der Waals surface area contributed by atoms with Crippen molar-refractivity contribution in [3.8, 4) is 17.6 Å². The Bertz CT molecular complexity index is 1510. The van der Waals surface area contributed by atoms with Crippen molar-refractivity contribution in [3.63, 3.8) is 0 Å². The van der Waals surface area contributed by atoms with E-state index >= 15 is 0 Å². The van der Waals surface area contributed by atoms with Gasteiger partial charge in [-0.2, -0.15) is 9.97 Å². The van der Waals surface area contributed by atoms with Gasteiger partial charge in [-0.25, -0.2) is 4.98 Å². The van der Waals surface area contributed by atoms with Crippen LogP contribution < -0.4 is 14.7 Å². The van der Waals surface area contributed by atoms with Gasteiger partial charge in [0.1, 0.15) is 12.3 Å². The molecule has 1 aliphatic heterocycles. The Morgan fingerprint density at radius 1 is 1.03 bits per heavy atom.